The number of nitrogens with zero attached hydrogens (tertiary/aromatic N) is 5. The summed E-state index contributed by atoms with van der Waals surface area (Å²) in [5.41, 5.74) is 2.22. The van der Waals surface area contributed by atoms with Crippen LogP contribution in [-0.2, 0) is 18.9 Å². The van der Waals surface area contributed by atoms with E-state index in [1.165, 1.54) is 0 Å². The number of hydrogen-bond acceptors (Lipinski definition) is 5. The molecule has 25 heavy (non-hydrogen) atoms. The number of aryl methyl sites for hydroxylation is 2. The zero-order valence-electron chi connectivity index (χ0n) is 14.4. The van der Waals surface area contributed by atoms with Gasteiger partial charge in [0.1, 0.15) is 29.1 Å². The Bertz CT molecular complexity index is 967. The molecule has 8 heteroatoms. The van der Waals surface area contributed by atoms with E-state index in [9.17, 15) is 9.90 Å². The Hall–Kier alpha value is -2.74. The number of carbonyl (C=O) groups excluding carboxylic acids is 1. The van der Waals surface area contributed by atoms with E-state index >= 15 is 0 Å². The minimum absolute atomic E-state index is 0.0199. The molecule has 0 radical (unpaired) electrons. The summed E-state index contributed by atoms with van der Waals surface area (Å²) in [5.74, 6) is 1.23. The standard InChI is InChI=1S/C17H20N6O2/c1-9(24)16-19-12(8-22(16)2)15-11-6-14(20-17(25)10-4-5-10)18-7-13(11)23(3)21-15/h6-10,24H,4-5H2,1-3H3,(H,18,20,25)/t9-/m1/s1. The molecule has 8 nitrogen and oxygen atoms in total. The molecule has 0 bridgehead atoms. The van der Waals surface area contributed by atoms with Crippen LogP contribution in [0.5, 0.6) is 0 Å². The van der Waals surface area contributed by atoms with Crippen molar-refractivity contribution < 1.29 is 9.90 Å². The lowest BCUT2D eigenvalue weighted by molar-refractivity contribution is -0.117. The van der Waals surface area contributed by atoms with Crippen molar-refractivity contribution >= 4 is 22.6 Å². The first kappa shape index (κ1) is 15.8. The fourth-order valence-electron chi connectivity index (χ4n) is 2.97. The number of amides is 1. The van der Waals surface area contributed by atoms with Gasteiger partial charge in [0.15, 0.2) is 0 Å². The van der Waals surface area contributed by atoms with Crippen LogP contribution in [0.2, 0.25) is 0 Å². The lowest BCUT2D eigenvalue weighted by Gasteiger charge is -2.03. The average Bonchev–Trinajstić information content (AvgIpc) is 3.27. The van der Waals surface area contributed by atoms with Gasteiger partial charge in [-0.3, -0.25) is 9.48 Å². The van der Waals surface area contributed by atoms with Crippen molar-refractivity contribution in [3.63, 3.8) is 0 Å². The number of carbonyl (C=O) groups is 1. The summed E-state index contributed by atoms with van der Waals surface area (Å²) in [4.78, 5) is 20.8. The molecule has 4 rings (SSSR count). The third kappa shape index (κ3) is 2.78. The Kier molecular flexibility index (Phi) is 3.57. The zero-order valence-corrected chi connectivity index (χ0v) is 14.4. The first-order valence-electron chi connectivity index (χ1n) is 8.29. The van der Waals surface area contributed by atoms with Gasteiger partial charge in [-0.05, 0) is 25.8 Å². The molecule has 0 spiro atoms. The summed E-state index contributed by atoms with van der Waals surface area (Å²) in [6.07, 6.45) is 4.77. The largest absolute Gasteiger partial charge is 0.385 e. The molecule has 0 aliphatic heterocycles. The number of aromatic nitrogens is 5. The third-order valence-electron chi connectivity index (χ3n) is 4.46. The second kappa shape index (κ2) is 5.66. The maximum absolute atomic E-state index is 12.0. The quantitative estimate of drug-likeness (QED) is 0.754. The maximum atomic E-state index is 12.0. The van der Waals surface area contributed by atoms with Crippen molar-refractivity contribution in [2.75, 3.05) is 5.32 Å². The van der Waals surface area contributed by atoms with E-state index in [1.807, 2.05) is 26.4 Å². The summed E-state index contributed by atoms with van der Waals surface area (Å²) in [5, 5.41) is 18.1. The van der Waals surface area contributed by atoms with Gasteiger partial charge < -0.3 is 15.0 Å². The molecule has 130 valence electrons. The van der Waals surface area contributed by atoms with E-state index in [0.717, 1.165) is 23.7 Å². The molecule has 1 atom stereocenters. The molecule has 1 amide bonds. The zero-order chi connectivity index (χ0) is 17.7. The van der Waals surface area contributed by atoms with Crippen LogP contribution in [0, 0.1) is 5.92 Å². The Morgan fingerprint density at radius 2 is 2.16 bits per heavy atom. The van der Waals surface area contributed by atoms with Crippen LogP contribution < -0.4 is 5.32 Å². The second-order valence-electron chi connectivity index (χ2n) is 6.59. The van der Waals surface area contributed by atoms with E-state index in [4.69, 9.17) is 0 Å². The molecule has 3 heterocycles. The number of anilines is 1. The lowest BCUT2D eigenvalue weighted by atomic mass is 10.2. The Labute approximate surface area is 144 Å². The SMILES string of the molecule is C[C@@H](O)c1nc(-c2nn(C)c3cnc(NC(=O)C4CC4)cc23)cn1C. The third-order valence-corrected chi connectivity index (χ3v) is 4.46. The number of rotatable bonds is 4. The highest BCUT2D eigenvalue weighted by Crippen LogP contribution is 2.32. The topological polar surface area (TPSA) is 97.9 Å². The molecular formula is C17H20N6O2. The van der Waals surface area contributed by atoms with Crippen LogP contribution in [0.15, 0.2) is 18.5 Å². The molecule has 1 aliphatic rings. The van der Waals surface area contributed by atoms with Crippen LogP contribution in [0.3, 0.4) is 0 Å². The highest BCUT2D eigenvalue weighted by molar-refractivity contribution is 5.98. The number of hydrogen-bond donors (Lipinski definition) is 2. The van der Waals surface area contributed by atoms with Crippen LogP contribution in [0.25, 0.3) is 22.3 Å². The maximum Gasteiger partial charge on any atom is 0.228 e. The van der Waals surface area contributed by atoms with Gasteiger partial charge in [-0.1, -0.05) is 0 Å². The molecule has 0 saturated heterocycles. The smallest absolute Gasteiger partial charge is 0.228 e. The van der Waals surface area contributed by atoms with E-state index in [-0.39, 0.29) is 11.8 Å². The molecule has 0 unspecified atom stereocenters. The highest BCUT2D eigenvalue weighted by Gasteiger charge is 2.30. The fraction of sp³-hybridized carbons (Fsp3) is 0.412. The molecule has 2 N–H and O–H groups in total. The summed E-state index contributed by atoms with van der Waals surface area (Å²) >= 11 is 0. The monoisotopic (exact) mass is 340 g/mol. The van der Waals surface area contributed by atoms with E-state index in [2.05, 4.69) is 20.4 Å². The van der Waals surface area contributed by atoms with Crippen molar-refractivity contribution in [1.29, 1.82) is 0 Å². The average molecular weight is 340 g/mol. The summed E-state index contributed by atoms with van der Waals surface area (Å²) in [6, 6.07) is 1.83. The predicted octanol–water partition coefficient (Wildman–Crippen LogP) is 1.77. The summed E-state index contributed by atoms with van der Waals surface area (Å²) < 4.78 is 3.53. The number of aliphatic hydroxyl groups is 1. The van der Waals surface area contributed by atoms with Crippen molar-refractivity contribution in [3.05, 3.63) is 24.3 Å². The minimum Gasteiger partial charge on any atom is -0.385 e. The molecule has 1 aliphatic carbocycles. The van der Waals surface area contributed by atoms with Gasteiger partial charge in [-0.2, -0.15) is 5.10 Å². The molecule has 0 aromatic carbocycles. The van der Waals surface area contributed by atoms with Crippen LogP contribution in [0.1, 0.15) is 31.7 Å². The van der Waals surface area contributed by atoms with Crippen LogP contribution in [-0.4, -0.2) is 35.3 Å². The lowest BCUT2D eigenvalue weighted by Crippen LogP contribution is -2.14. The van der Waals surface area contributed by atoms with E-state index < -0.39 is 6.10 Å². The first-order valence-corrected chi connectivity index (χ1v) is 8.29. The molecule has 3 aromatic heterocycles. The fourth-order valence-corrected chi connectivity index (χ4v) is 2.97. The van der Waals surface area contributed by atoms with Gasteiger partial charge in [0.25, 0.3) is 0 Å². The van der Waals surface area contributed by atoms with Gasteiger partial charge in [-0.25, -0.2) is 9.97 Å². The molecular weight excluding hydrogens is 320 g/mol. The first-order chi connectivity index (χ1) is 11.9. The summed E-state index contributed by atoms with van der Waals surface area (Å²) in [6.45, 7) is 1.68. The summed E-state index contributed by atoms with van der Waals surface area (Å²) in [7, 11) is 3.68. The van der Waals surface area contributed by atoms with Crippen LogP contribution >= 0.6 is 0 Å². The predicted molar refractivity (Wildman–Crippen MR) is 92.7 cm³/mol. The van der Waals surface area contributed by atoms with Crippen molar-refractivity contribution in [3.8, 4) is 11.4 Å². The van der Waals surface area contributed by atoms with E-state index in [0.29, 0.717) is 23.0 Å². The Morgan fingerprint density at radius 1 is 1.40 bits per heavy atom. The van der Waals surface area contributed by atoms with Gasteiger partial charge in [0.2, 0.25) is 5.91 Å². The van der Waals surface area contributed by atoms with Crippen molar-refractivity contribution in [2.24, 2.45) is 20.0 Å². The van der Waals surface area contributed by atoms with Crippen molar-refractivity contribution in [1.82, 2.24) is 24.3 Å². The Morgan fingerprint density at radius 3 is 2.80 bits per heavy atom. The number of aliphatic hydroxyl groups excluding tert-OH is 1. The van der Waals surface area contributed by atoms with Gasteiger partial charge in [0, 0.05) is 31.6 Å². The minimum atomic E-state index is -0.663. The number of imidazole rings is 1. The number of nitrogens with one attached hydrogen (secondary N) is 1. The Balaban J connectivity index is 1.77. The van der Waals surface area contributed by atoms with Crippen molar-refractivity contribution in [2.45, 2.75) is 25.9 Å². The van der Waals surface area contributed by atoms with Gasteiger partial charge in [-0.15, -0.1) is 0 Å². The number of pyridine rings is 1. The second-order valence-corrected chi connectivity index (χ2v) is 6.59. The molecule has 1 saturated carbocycles. The van der Waals surface area contributed by atoms with Gasteiger partial charge >= 0.3 is 0 Å². The highest BCUT2D eigenvalue weighted by atomic mass is 16.3. The molecule has 1 fully saturated rings. The van der Waals surface area contributed by atoms with E-state index in [1.54, 1.807) is 22.4 Å². The number of fused-ring (bicyclic) bond motifs is 1. The normalized spacial score (nSPS) is 15.5. The molecule has 3 aromatic rings. The van der Waals surface area contributed by atoms with Gasteiger partial charge in [0.05, 0.1) is 11.7 Å². The van der Waals surface area contributed by atoms with Crippen LogP contribution in [0.4, 0.5) is 5.82 Å².